The SMILES string of the molecule is [C-]#[N+]c1ccc(-c2ccc3c(c2)sc2ccccc23)c2c1oc1c(-n3c4ccccc4c4ccc(-c5ccccc5)cc43)cccc12. The monoisotopic (exact) mass is 616 g/mol. The predicted molar refractivity (Wildman–Crippen MR) is 198 cm³/mol. The van der Waals surface area contributed by atoms with Crippen LogP contribution in [0.1, 0.15) is 0 Å². The molecule has 0 aliphatic heterocycles. The first-order chi connectivity index (χ1) is 23.3. The smallest absolute Gasteiger partial charge is 0.229 e. The number of fused-ring (bicyclic) bond motifs is 9. The zero-order valence-corrected chi connectivity index (χ0v) is 25.9. The second-order valence-corrected chi connectivity index (χ2v) is 13.0. The van der Waals surface area contributed by atoms with E-state index < -0.39 is 0 Å². The lowest BCUT2D eigenvalue weighted by molar-refractivity contribution is 0.668. The molecular weight excluding hydrogens is 593 g/mol. The van der Waals surface area contributed by atoms with Gasteiger partial charge in [0.2, 0.25) is 5.69 Å². The highest BCUT2D eigenvalue weighted by molar-refractivity contribution is 7.25. The Hall–Kier alpha value is -6.15. The minimum absolute atomic E-state index is 0.516. The van der Waals surface area contributed by atoms with Gasteiger partial charge in [-0.1, -0.05) is 115 Å². The predicted octanol–water partition coefficient (Wildman–Crippen LogP) is 12.9. The quantitative estimate of drug-likeness (QED) is 0.181. The van der Waals surface area contributed by atoms with Gasteiger partial charge in [-0.05, 0) is 52.6 Å². The van der Waals surface area contributed by atoms with E-state index in [9.17, 15) is 0 Å². The maximum absolute atomic E-state index is 8.02. The average Bonchev–Trinajstić information content (AvgIpc) is 3.81. The molecule has 0 aliphatic rings. The molecule has 0 radical (unpaired) electrons. The molecule has 218 valence electrons. The summed E-state index contributed by atoms with van der Waals surface area (Å²) in [5.41, 5.74) is 9.61. The maximum atomic E-state index is 8.02. The highest BCUT2D eigenvalue weighted by atomic mass is 32.1. The van der Waals surface area contributed by atoms with Gasteiger partial charge in [-0.25, -0.2) is 4.85 Å². The minimum atomic E-state index is 0.516. The van der Waals surface area contributed by atoms with Gasteiger partial charge in [-0.15, -0.1) is 11.3 Å². The zero-order chi connectivity index (χ0) is 31.1. The molecule has 0 atom stereocenters. The molecule has 4 heteroatoms. The molecule has 3 nitrogen and oxygen atoms in total. The first-order valence-electron chi connectivity index (χ1n) is 15.6. The van der Waals surface area contributed by atoms with E-state index >= 15 is 0 Å². The Labute approximate surface area is 274 Å². The molecule has 10 aromatic rings. The fourth-order valence-corrected chi connectivity index (χ4v) is 8.46. The maximum Gasteiger partial charge on any atom is 0.229 e. The number of rotatable bonds is 3. The summed E-state index contributed by atoms with van der Waals surface area (Å²) >= 11 is 1.82. The fourth-order valence-electron chi connectivity index (χ4n) is 7.31. The van der Waals surface area contributed by atoms with Crippen LogP contribution >= 0.6 is 11.3 Å². The Morgan fingerprint density at radius 1 is 0.511 bits per heavy atom. The summed E-state index contributed by atoms with van der Waals surface area (Å²) in [6, 6.07) is 51.4. The molecule has 0 amide bonds. The van der Waals surface area contributed by atoms with E-state index in [-0.39, 0.29) is 0 Å². The summed E-state index contributed by atoms with van der Waals surface area (Å²) in [5, 5.41) is 6.90. The van der Waals surface area contributed by atoms with Crippen molar-refractivity contribution in [2.45, 2.75) is 0 Å². The molecule has 0 aliphatic carbocycles. The number of nitrogens with zero attached hydrogens (tertiary/aromatic N) is 2. The molecule has 0 fully saturated rings. The molecule has 0 saturated heterocycles. The molecule has 47 heavy (non-hydrogen) atoms. The Morgan fingerprint density at radius 2 is 1.23 bits per heavy atom. The van der Waals surface area contributed by atoms with Crippen LogP contribution in [-0.2, 0) is 0 Å². The van der Waals surface area contributed by atoms with E-state index in [0.29, 0.717) is 11.3 Å². The summed E-state index contributed by atoms with van der Waals surface area (Å²) in [6.45, 7) is 8.02. The molecule has 3 aromatic heterocycles. The number of benzene rings is 7. The van der Waals surface area contributed by atoms with Crippen LogP contribution < -0.4 is 0 Å². The van der Waals surface area contributed by atoms with E-state index in [1.54, 1.807) is 0 Å². The normalized spacial score (nSPS) is 11.8. The van der Waals surface area contributed by atoms with Crippen molar-refractivity contribution in [2.75, 3.05) is 0 Å². The van der Waals surface area contributed by atoms with Crippen molar-refractivity contribution < 1.29 is 4.42 Å². The van der Waals surface area contributed by atoms with Crippen LogP contribution in [0.5, 0.6) is 0 Å². The number of para-hydroxylation sites is 2. The second kappa shape index (κ2) is 9.92. The van der Waals surface area contributed by atoms with Gasteiger partial charge < -0.3 is 8.98 Å². The van der Waals surface area contributed by atoms with Crippen molar-refractivity contribution >= 4 is 80.9 Å². The summed E-state index contributed by atoms with van der Waals surface area (Å²) in [5.74, 6) is 0. The van der Waals surface area contributed by atoms with Gasteiger partial charge in [0.15, 0.2) is 5.58 Å². The van der Waals surface area contributed by atoms with Crippen molar-refractivity contribution in [3.05, 3.63) is 157 Å². The van der Waals surface area contributed by atoms with Crippen molar-refractivity contribution in [3.8, 4) is 27.9 Å². The highest BCUT2D eigenvalue weighted by Gasteiger charge is 2.21. The van der Waals surface area contributed by atoms with Gasteiger partial charge in [0.1, 0.15) is 5.58 Å². The van der Waals surface area contributed by atoms with E-state index in [1.165, 1.54) is 36.5 Å². The van der Waals surface area contributed by atoms with Gasteiger partial charge >= 0.3 is 0 Å². The first-order valence-corrected chi connectivity index (χ1v) is 16.4. The summed E-state index contributed by atoms with van der Waals surface area (Å²) in [7, 11) is 0. The third kappa shape index (κ3) is 3.78. The average molecular weight is 617 g/mol. The van der Waals surface area contributed by atoms with Crippen molar-refractivity contribution in [2.24, 2.45) is 0 Å². The summed E-state index contributed by atoms with van der Waals surface area (Å²) < 4.78 is 11.7. The summed E-state index contributed by atoms with van der Waals surface area (Å²) in [6.07, 6.45) is 0. The third-order valence-electron chi connectivity index (χ3n) is 9.44. The van der Waals surface area contributed by atoms with E-state index in [4.69, 9.17) is 11.0 Å². The molecule has 0 N–H and O–H groups in total. The molecular formula is C43H24N2OS. The Kier molecular flexibility index (Phi) is 5.51. The lowest BCUT2D eigenvalue weighted by Gasteiger charge is -2.10. The lowest BCUT2D eigenvalue weighted by atomic mass is 9.97. The van der Waals surface area contributed by atoms with Gasteiger partial charge in [0.25, 0.3) is 0 Å². The molecule has 0 bridgehead atoms. The molecule has 10 rings (SSSR count). The van der Waals surface area contributed by atoms with E-state index in [1.807, 2.05) is 23.5 Å². The number of thiophene rings is 1. The van der Waals surface area contributed by atoms with Crippen molar-refractivity contribution in [1.29, 1.82) is 0 Å². The van der Waals surface area contributed by atoms with Gasteiger partial charge in [-0.3, -0.25) is 0 Å². The van der Waals surface area contributed by atoms with Gasteiger partial charge in [-0.2, -0.15) is 0 Å². The molecule has 0 unspecified atom stereocenters. The van der Waals surface area contributed by atoms with Crippen LogP contribution in [0.25, 0.3) is 96.7 Å². The molecule has 7 aromatic carbocycles. The number of hydrogen-bond donors (Lipinski definition) is 0. The highest BCUT2D eigenvalue weighted by Crippen LogP contribution is 2.46. The minimum Gasteiger partial charge on any atom is -0.465 e. The Morgan fingerprint density at radius 3 is 2.13 bits per heavy atom. The topological polar surface area (TPSA) is 22.4 Å². The first kappa shape index (κ1) is 26.1. The lowest BCUT2D eigenvalue weighted by Crippen LogP contribution is -1.94. The van der Waals surface area contributed by atoms with Crippen LogP contribution in [0.3, 0.4) is 0 Å². The number of hydrogen-bond acceptors (Lipinski definition) is 2. The Bertz CT molecular complexity index is 2920. The summed E-state index contributed by atoms with van der Waals surface area (Å²) in [4.78, 5) is 3.90. The van der Waals surface area contributed by atoms with Crippen LogP contribution in [0.15, 0.2) is 150 Å². The number of furan rings is 1. The van der Waals surface area contributed by atoms with E-state index in [0.717, 1.165) is 49.8 Å². The fraction of sp³-hybridized carbons (Fsp3) is 0. The standard InChI is InChI=1S/C43H24N2OS/c1-44-35-23-22-29(28-19-21-33-32-13-6-8-17-39(32)47-40(33)25-28)41-34-14-9-16-37(42(34)46-43(35)41)45-36-15-7-5-12-30(36)31-20-18-27(24-38(31)45)26-10-3-2-4-11-26/h2-25H. The van der Waals surface area contributed by atoms with Gasteiger partial charge in [0, 0.05) is 41.7 Å². The third-order valence-corrected chi connectivity index (χ3v) is 10.6. The second-order valence-electron chi connectivity index (χ2n) is 12.0. The van der Waals surface area contributed by atoms with Crippen LogP contribution in [0.4, 0.5) is 5.69 Å². The van der Waals surface area contributed by atoms with Crippen molar-refractivity contribution in [1.82, 2.24) is 4.57 Å². The molecule has 0 spiro atoms. The number of aromatic nitrogens is 1. The zero-order valence-electron chi connectivity index (χ0n) is 25.1. The largest absolute Gasteiger partial charge is 0.465 e. The Balaban J connectivity index is 1.27. The van der Waals surface area contributed by atoms with E-state index in [2.05, 4.69) is 143 Å². The van der Waals surface area contributed by atoms with Crippen LogP contribution in [0, 0.1) is 6.57 Å². The van der Waals surface area contributed by atoms with Crippen LogP contribution in [-0.4, -0.2) is 4.57 Å². The molecule has 3 heterocycles. The van der Waals surface area contributed by atoms with Crippen LogP contribution in [0.2, 0.25) is 0 Å². The molecule has 0 saturated carbocycles. The van der Waals surface area contributed by atoms with Gasteiger partial charge in [0.05, 0.1) is 23.3 Å². The van der Waals surface area contributed by atoms with Crippen molar-refractivity contribution in [3.63, 3.8) is 0 Å².